The second-order valence-electron chi connectivity index (χ2n) is 8.94. The quantitative estimate of drug-likeness (QED) is 0.676. The molecule has 0 bridgehead atoms. The highest BCUT2D eigenvalue weighted by Crippen LogP contribution is 2.65. The summed E-state index contributed by atoms with van der Waals surface area (Å²) in [5.41, 5.74) is -1.90. The summed E-state index contributed by atoms with van der Waals surface area (Å²) < 4.78 is 0. The molecular formula is C20H28O3. The molecule has 126 valence electrons. The number of hydrogen-bond donors (Lipinski definition) is 2. The molecule has 4 aliphatic carbocycles. The molecule has 0 amide bonds. The van der Waals surface area contributed by atoms with E-state index in [0.29, 0.717) is 37.0 Å². The third-order valence-corrected chi connectivity index (χ3v) is 8.24. The lowest BCUT2D eigenvalue weighted by Gasteiger charge is -2.58. The van der Waals surface area contributed by atoms with Gasteiger partial charge in [-0.1, -0.05) is 12.8 Å². The first-order valence-corrected chi connectivity index (χ1v) is 9.27. The molecule has 4 saturated carbocycles. The summed E-state index contributed by atoms with van der Waals surface area (Å²) in [4.78, 5) is 11.8. The zero-order valence-corrected chi connectivity index (χ0v) is 14.1. The van der Waals surface area contributed by atoms with Gasteiger partial charge in [0, 0.05) is 18.3 Å². The molecule has 4 rings (SSSR count). The van der Waals surface area contributed by atoms with Gasteiger partial charge in [0.2, 0.25) is 0 Å². The van der Waals surface area contributed by atoms with Crippen LogP contribution in [0.5, 0.6) is 0 Å². The summed E-state index contributed by atoms with van der Waals surface area (Å²) in [6, 6.07) is 0. The van der Waals surface area contributed by atoms with Crippen LogP contribution in [0.3, 0.4) is 0 Å². The average Bonchev–Trinajstić information content (AvgIpc) is 2.78. The molecule has 7 atom stereocenters. The standard InChI is InChI=1S/C20H28O3/c1-3-20(23)11-8-16-14-7-10-19(22)12-13(21)4-5-17(19)15(14)6-9-18(16,20)2/h1,14-17,22-23H,4-12H2,2H3/t14-,15+,16+,17-,18+,19+,20+/m1/s1. The molecule has 4 fully saturated rings. The molecule has 0 aliphatic heterocycles. The van der Waals surface area contributed by atoms with Crippen LogP contribution in [0.15, 0.2) is 0 Å². The van der Waals surface area contributed by atoms with Crippen molar-refractivity contribution in [3.05, 3.63) is 0 Å². The van der Waals surface area contributed by atoms with Crippen molar-refractivity contribution in [3.8, 4) is 12.3 Å². The SMILES string of the molecule is C#C[C@]1(O)CC[C@H]2[C@@H]3CC[C@]4(O)CC(=O)CC[C@@H]4[C@H]3CC[C@@]21C. The first-order valence-electron chi connectivity index (χ1n) is 9.27. The number of hydrogen-bond acceptors (Lipinski definition) is 3. The van der Waals surface area contributed by atoms with E-state index >= 15 is 0 Å². The number of fused-ring (bicyclic) bond motifs is 5. The highest BCUT2D eigenvalue weighted by atomic mass is 16.3. The molecule has 0 unspecified atom stereocenters. The predicted molar refractivity (Wildman–Crippen MR) is 87.4 cm³/mol. The minimum absolute atomic E-state index is 0.178. The fourth-order valence-electron chi connectivity index (χ4n) is 6.93. The van der Waals surface area contributed by atoms with E-state index in [1.807, 2.05) is 0 Å². The maximum Gasteiger partial charge on any atom is 0.135 e. The Bertz CT molecular complexity index is 578. The first-order chi connectivity index (χ1) is 10.8. The van der Waals surface area contributed by atoms with Gasteiger partial charge in [-0.15, -0.1) is 6.42 Å². The molecule has 4 aliphatic rings. The van der Waals surface area contributed by atoms with E-state index in [1.165, 1.54) is 0 Å². The molecule has 0 aromatic rings. The van der Waals surface area contributed by atoms with Crippen LogP contribution in [0, 0.1) is 41.4 Å². The number of terminal acetylenes is 1. The zero-order chi connectivity index (χ0) is 16.5. The van der Waals surface area contributed by atoms with Crippen molar-refractivity contribution in [2.45, 2.75) is 75.9 Å². The smallest absolute Gasteiger partial charge is 0.135 e. The first kappa shape index (κ1) is 15.7. The van der Waals surface area contributed by atoms with Crippen molar-refractivity contribution in [2.24, 2.45) is 29.1 Å². The molecule has 3 nitrogen and oxygen atoms in total. The van der Waals surface area contributed by atoms with Gasteiger partial charge in [-0.25, -0.2) is 0 Å². The Morgan fingerprint density at radius 1 is 1.04 bits per heavy atom. The Morgan fingerprint density at radius 3 is 2.48 bits per heavy atom. The highest BCUT2D eigenvalue weighted by Gasteiger charge is 2.64. The van der Waals surface area contributed by atoms with Crippen LogP contribution in [-0.4, -0.2) is 27.2 Å². The second-order valence-corrected chi connectivity index (χ2v) is 8.94. The van der Waals surface area contributed by atoms with Gasteiger partial charge in [0.15, 0.2) is 0 Å². The molecule has 23 heavy (non-hydrogen) atoms. The topological polar surface area (TPSA) is 57.5 Å². The maximum absolute atomic E-state index is 11.8. The summed E-state index contributed by atoms with van der Waals surface area (Å²) in [5.74, 6) is 4.71. The van der Waals surface area contributed by atoms with E-state index in [0.717, 1.165) is 38.5 Å². The minimum atomic E-state index is -0.959. The summed E-state index contributed by atoms with van der Waals surface area (Å²) in [5, 5.41) is 22.0. The van der Waals surface area contributed by atoms with Gasteiger partial charge in [-0.2, -0.15) is 0 Å². The average molecular weight is 316 g/mol. The molecular weight excluding hydrogens is 288 g/mol. The fraction of sp³-hybridized carbons (Fsp3) is 0.850. The van der Waals surface area contributed by atoms with Gasteiger partial charge in [0.1, 0.15) is 11.4 Å². The van der Waals surface area contributed by atoms with E-state index in [9.17, 15) is 15.0 Å². The van der Waals surface area contributed by atoms with Gasteiger partial charge in [0.25, 0.3) is 0 Å². The van der Waals surface area contributed by atoms with Gasteiger partial charge in [-0.05, 0) is 68.6 Å². The minimum Gasteiger partial charge on any atom is -0.389 e. The number of ketones is 1. The third kappa shape index (κ3) is 1.94. The van der Waals surface area contributed by atoms with E-state index in [4.69, 9.17) is 6.42 Å². The summed E-state index contributed by atoms with van der Waals surface area (Å²) in [6.45, 7) is 2.19. The van der Waals surface area contributed by atoms with E-state index < -0.39 is 11.2 Å². The number of rotatable bonds is 0. The molecule has 2 N–H and O–H groups in total. The Labute approximate surface area is 138 Å². The van der Waals surface area contributed by atoms with Crippen LogP contribution < -0.4 is 0 Å². The summed E-state index contributed by atoms with van der Waals surface area (Å²) in [7, 11) is 0. The molecule has 3 heteroatoms. The van der Waals surface area contributed by atoms with Crippen molar-refractivity contribution >= 4 is 5.78 Å². The molecule has 0 spiro atoms. The molecule has 0 saturated heterocycles. The van der Waals surface area contributed by atoms with Crippen LogP contribution in [0.2, 0.25) is 0 Å². The van der Waals surface area contributed by atoms with Crippen LogP contribution in [0.1, 0.15) is 64.7 Å². The fourth-order valence-corrected chi connectivity index (χ4v) is 6.93. The van der Waals surface area contributed by atoms with Crippen LogP contribution >= 0.6 is 0 Å². The Balaban J connectivity index is 1.64. The lowest BCUT2D eigenvalue weighted by atomic mass is 9.48. The predicted octanol–water partition coefficient (Wildman–Crippen LogP) is 2.69. The van der Waals surface area contributed by atoms with E-state index in [-0.39, 0.29) is 17.1 Å². The molecule has 0 heterocycles. The third-order valence-electron chi connectivity index (χ3n) is 8.24. The number of carbonyl (C=O) groups is 1. The van der Waals surface area contributed by atoms with Crippen molar-refractivity contribution in [1.82, 2.24) is 0 Å². The normalized spacial score (nSPS) is 55.5. The molecule has 0 aromatic heterocycles. The number of aliphatic hydroxyl groups is 2. The molecule has 0 radical (unpaired) electrons. The van der Waals surface area contributed by atoms with Crippen molar-refractivity contribution in [2.75, 3.05) is 0 Å². The van der Waals surface area contributed by atoms with Crippen LogP contribution in [0.4, 0.5) is 0 Å². The Hall–Kier alpha value is -0.850. The number of Topliss-reactive ketones (excluding diaryl/α,β-unsaturated/α-hetero) is 1. The largest absolute Gasteiger partial charge is 0.389 e. The second kappa shape index (κ2) is 4.83. The summed E-state index contributed by atoms with van der Waals surface area (Å²) in [6.07, 6.45) is 12.9. The maximum atomic E-state index is 11.8. The monoisotopic (exact) mass is 316 g/mol. The van der Waals surface area contributed by atoms with Gasteiger partial charge < -0.3 is 10.2 Å². The van der Waals surface area contributed by atoms with Crippen LogP contribution in [0.25, 0.3) is 0 Å². The van der Waals surface area contributed by atoms with Gasteiger partial charge in [-0.3, -0.25) is 4.79 Å². The van der Waals surface area contributed by atoms with Gasteiger partial charge in [0.05, 0.1) is 5.60 Å². The van der Waals surface area contributed by atoms with Crippen molar-refractivity contribution in [1.29, 1.82) is 0 Å². The van der Waals surface area contributed by atoms with Crippen molar-refractivity contribution in [3.63, 3.8) is 0 Å². The summed E-state index contributed by atoms with van der Waals surface area (Å²) >= 11 is 0. The zero-order valence-electron chi connectivity index (χ0n) is 14.1. The lowest BCUT2D eigenvalue weighted by molar-refractivity contribution is -0.168. The Kier molecular flexibility index (Phi) is 3.29. The highest BCUT2D eigenvalue weighted by molar-refractivity contribution is 5.80. The number of carbonyl (C=O) groups excluding carboxylic acids is 1. The van der Waals surface area contributed by atoms with E-state index in [1.54, 1.807) is 0 Å². The van der Waals surface area contributed by atoms with E-state index in [2.05, 4.69) is 12.8 Å². The van der Waals surface area contributed by atoms with Crippen LogP contribution in [-0.2, 0) is 4.79 Å². The van der Waals surface area contributed by atoms with Crippen molar-refractivity contribution < 1.29 is 15.0 Å². The molecule has 0 aromatic carbocycles. The van der Waals surface area contributed by atoms with Gasteiger partial charge >= 0.3 is 0 Å². The Morgan fingerprint density at radius 2 is 1.74 bits per heavy atom. The lowest BCUT2D eigenvalue weighted by Crippen LogP contribution is -2.58.